The van der Waals surface area contributed by atoms with Crippen LogP contribution in [0.4, 0.5) is 33.9 Å². The molecule has 1 atom stereocenters. The number of carbonyl (C=O) groups is 1. The van der Waals surface area contributed by atoms with Crippen LogP contribution in [-0.4, -0.2) is 39.3 Å². The molecular weight excluding hydrogens is 474 g/mol. The molecule has 1 aromatic heterocycles. The highest BCUT2D eigenvalue weighted by Crippen LogP contribution is 2.40. The number of nitrogens with zero attached hydrogens (tertiary/aromatic N) is 5. The molecule has 190 valence electrons. The third kappa shape index (κ3) is 4.08. The van der Waals surface area contributed by atoms with Gasteiger partial charge in [0.2, 0.25) is 0 Å². The van der Waals surface area contributed by atoms with Crippen molar-refractivity contribution in [2.75, 3.05) is 22.9 Å². The molecule has 36 heavy (non-hydrogen) atoms. The van der Waals surface area contributed by atoms with E-state index in [0.717, 1.165) is 17.2 Å². The molecule has 10 heteroatoms. The minimum atomic E-state index is -4.54. The number of alkyl halides is 3. The van der Waals surface area contributed by atoms with Gasteiger partial charge >= 0.3 is 12.2 Å². The molecule has 1 unspecified atom stereocenters. The molecule has 3 heterocycles. The number of carbonyl (C=O) groups excluding carboxylic acids is 1. The fourth-order valence-electron chi connectivity index (χ4n) is 5.39. The number of anilines is 2. The van der Waals surface area contributed by atoms with Crippen molar-refractivity contribution in [1.29, 1.82) is 0 Å². The van der Waals surface area contributed by atoms with Crippen molar-refractivity contribution < 1.29 is 22.4 Å². The van der Waals surface area contributed by atoms with Gasteiger partial charge < -0.3 is 9.80 Å². The molecular formula is C26H27F4N5O. The van der Waals surface area contributed by atoms with Crippen LogP contribution in [0.3, 0.4) is 0 Å². The first-order chi connectivity index (χ1) is 17.0. The molecule has 1 fully saturated rings. The molecule has 0 spiro atoms. The van der Waals surface area contributed by atoms with Gasteiger partial charge in [0, 0.05) is 31.9 Å². The maximum Gasteiger partial charge on any atom is 0.416 e. The molecule has 0 aliphatic carbocycles. The third-order valence-electron chi connectivity index (χ3n) is 7.19. The number of aromatic nitrogens is 2. The second-order valence-electron chi connectivity index (χ2n) is 9.84. The highest BCUT2D eigenvalue weighted by molar-refractivity contribution is 5.94. The molecule has 2 amide bonds. The number of urea groups is 1. The van der Waals surface area contributed by atoms with E-state index >= 15 is 0 Å². The number of fused-ring (bicyclic) bond motifs is 1. The Labute approximate surface area is 206 Å². The molecule has 6 nitrogen and oxygen atoms in total. The van der Waals surface area contributed by atoms with E-state index in [1.54, 1.807) is 28.9 Å². The molecule has 5 rings (SSSR count). The summed E-state index contributed by atoms with van der Waals surface area (Å²) in [4.78, 5) is 18.8. The van der Waals surface area contributed by atoms with Gasteiger partial charge in [-0.1, -0.05) is 30.3 Å². The molecule has 3 aromatic rings. The summed E-state index contributed by atoms with van der Waals surface area (Å²) in [6.07, 6.45) is -2.17. The monoisotopic (exact) mass is 501 g/mol. The zero-order valence-corrected chi connectivity index (χ0v) is 20.3. The number of benzene rings is 2. The van der Waals surface area contributed by atoms with E-state index in [1.165, 1.54) is 29.2 Å². The van der Waals surface area contributed by atoms with Gasteiger partial charge in [-0.2, -0.15) is 18.3 Å². The Hall–Kier alpha value is -3.56. The smallest absolute Gasteiger partial charge is 0.367 e. The summed E-state index contributed by atoms with van der Waals surface area (Å²) in [6.45, 7) is 4.77. The molecule has 2 aliphatic heterocycles. The van der Waals surface area contributed by atoms with Crippen LogP contribution in [0.15, 0.2) is 48.7 Å². The van der Waals surface area contributed by atoms with Crippen LogP contribution in [0.2, 0.25) is 0 Å². The van der Waals surface area contributed by atoms with Crippen LogP contribution < -0.4 is 9.80 Å². The van der Waals surface area contributed by atoms with Crippen LogP contribution in [0.25, 0.3) is 0 Å². The van der Waals surface area contributed by atoms with E-state index in [9.17, 15) is 22.4 Å². The zero-order valence-electron chi connectivity index (χ0n) is 20.3. The lowest BCUT2D eigenvalue weighted by Gasteiger charge is -2.44. The van der Waals surface area contributed by atoms with Gasteiger partial charge in [0.25, 0.3) is 0 Å². The summed E-state index contributed by atoms with van der Waals surface area (Å²) in [7, 11) is 1.72. The lowest BCUT2D eigenvalue weighted by atomic mass is 9.97. The first-order valence-corrected chi connectivity index (χ1v) is 11.7. The van der Waals surface area contributed by atoms with Crippen LogP contribution in [0, 0.1) is 12.7 Å². The maximum atomic E-state index is 14.7. The van der Waals surface area contributed by atoms with E-state index in [-0.39, 0.29) is 24.5 Å². The van der Waals surface area contributed by atoms with Crippen molar-refractivity contribution in [2.45, 2.75) is 45.1 Å². The Kier molecular flexibility index (Phi) is 5.72. The highest BCUT2D eigenvalue weighted by atomic mass is 19.4. The number of para-hydroxylation sites is 1. The summed E-state index contributed by atoms with van der Waals surface area (Å²) in [5.74, 6) is 0.0447. The lowest BCUT2D eigenvalue weighted by molar-refractivity contribution is -0.138. The number of rotatable bonds is 4. The van der Waals surface area contributed by atoms with Gasteiger partial charge in [-0.15, -0.1) is 0 Å². The summed E-state index contributed by atoms with van der Waals surface area (Å²) in [5.41, 5.74) is 0.648. The first kappa shape index (κ1) is 24.1. The Morgan fingerprint density at radius 1 is 1.11 bits per heavy atom. The molecule has 0 radical (unpaired) electrons. The number of aryl methyl sites for hydroxylation is 2. The first-order valence-electron chi connectivity index (χ1n) is 11.7. The summed E-state index contributed by atoms with van der Waals surface area (Å²) >= 11 is 0. The third-order valence-corrected chi connectivity index (χ3v) is 7.19. The number of halogens is 4. The Morgan fingerprint density at radius 2 is 1.86 bits per heavy atom. The van der Waals surface area contributed by atoms with Crippen molar-refractivity contribution in [3.8, 4) is 0 Å². The normalized spacial score (nSPS) is 20.3. The lowest BCUT2D eigenvalue weighted by Crippen LogP contribution is -2.57. The van der Waals surface area contributed by atoms with Gasteiger partial charge in [-0.05, 0) is 43.5 Å². The predicted molar refractivity (Wildman–Crippen MR) is 128 cm³/mol. The molecule has 2 aliphatic rings. The second kappa shape index (κ2) is 8.53. The van der Waals surface area contributed by atoms with Crippen molar-refractivity contribution in [3.63, 3.8) is 0 Å². The molecule has 0 bridgehead atoms. The minimum absolute atomic E-state index is 0.00279. The average Bonchev–Trinajstić information content (AvgIpc) is 3.38. The summed E-state index contributed by atoms with van der Waals surface area (Å²) < 4.78 is 57.3. The highest BCUT2D eigenvalue weighted by Gasteiger charge is 2.47. The molecule has 2 aromatic carbocycles. The number of amides is 2. The van der Waals surface area contributed by atoms with Gasteiger partial charge in [0.15, 0.2) is 5.82 Å². The Morgan fingerprint density at radius 3 is 2.58 bits per heavy atom. The predicted octanol–water partition coefficient (Wildman–Crippen LogP) is 5.50. The average molecular weight is 502 g/mol. The SMILES string of the molecule is Cc1cccc(F)c1N1CCC(C)(N2Cc3cn(C)nc3N(Cc3ccccc3C(F)(F)F)C2=O)C1. The summed E-state index contributed by atoms with van der Waals surface area (Å²) in [5, 5.41) is 4.39. The molecule has 0 saturated carbocycles. The van der Waals surface area contributed by atoms with Crippen molar-refractivity contribution >= 4 is 17.5 Å². The van der Waals surface area contributed by atoms with E-state index in [4.69, 9.17) is 0 Å². The maximum absolute atomic E-state index is 14.7. The fraction of sp³-hybridized carbons (Fsp3) is 0.385. The standard InChI is InChI=1S/C26H27F4N5O/c1-17-7-6-10-21(27)22(17)33-12-11-25(2,16-33)35-15-19-13-32(3)31-23(19)34(24(35)36)14-18-8-4-5-9-20(18)26(28,29)30/h4-10,13H,11-12,14-16H2,1-3H3. The second-order valence-corrected chi connectivity index (χ2v) is 9.84. The summed E-state index contributed by atoms with van der Waals surface area (Å²) in [6, 6.07) is 9.80. The number of hydrogen-bond donors (Lipinski definition) is 0. The van der Waals surface area contributed by atoms with E-state index < -0.39 is 23.3 Å². The van der Waals surface area contributed by atoms with Gasteiger partial charge in [-0.25, -0.2) is 9.18 Å². The molecule has 1 saturated heterocycles. The zero-order chi connectivity index (χ0) is 25.8. The fourth-order valence-corrected chi connectivity index (χ4v) is 5.39. The van der Waals surface area contributed by atoms with Crippen molar-refractivity contribution in [1.82, 2.24) is 14.7 Å². The van der Waals surface area contributed by atoms with Crippen molar-refractivity contribution in [3.05, 3.63) is 76.7 Å². The van der Waals surface area contributed by atoms with Gasteiger partial charge in [-0.3, -0.25) is 9.58 Å². The van der Waals surface area contributed by atoms with Crippen LogP contribution in [-0.2, 0) is 26.3 Å². The van der Waals surface area contributed by atoms with Gasteiger partial charge in [0.1, 0.15) is 5.82 Å². The van der Waals surface area contributed by atoms with Crippen LogP contribution in [0.5, 0.6) is 0 Å². The van der Waals surface area contributed by atoms with Crippen LogP contribution >= 0.6 is 0 Å². The topological polar surface area (TPSA) is 44.6 Å². The molecule has 0 N–H and O–H groups in total. The quantitative estimate of drug-likeness (QED) is 0.444. The minimum Gasteiger partial charge on any atom is -0.367 e. The van der Waals surface area contributed by atoms with Crippen LogP contribution in [0.1, 0.15) is 35.6 Å². The van der Waals surface area contributed by atoms with E-state index in [0.29, 0.717) is 31.0 Å². The number of hydrogen-bond acceptors (Lipinski definition) is 3. The Balaban J connectivity index is 1.49. The van der Waals surface area contributed by atoms with Crippen molar-refractivity contribution in [2.24, 2.45) is 7.05 Å². The largest absolute Gasteiger partial charge is 0.416 e. The van der Waals surface area contributed by atoms with E-state index in [2.05, 4.69) is 5.10 Å². The van der Waals surface area contributed by atoms with E-state index in [1.807, 2.05) is 24.8 Å². The Bertz CT molecular complexity index is 1300. The van der Waals surface area contributed by atoms with Gasteiger partial charge in [0.05, 0.1) is 29.9 Å².